The smallest absolute Gasteiger partial charge is 0.308 e. The monoisotopic (exact) mass is 474 g/mol. The molecule has 0 atom stereocenters. The first-order valence-electron chi connectivity index (χ1n) is 11.6. The van der Waals surface area contributed by atoms with Crippen LogP contribution in [0.3, 0.4) is 0 Å². The predicted octanol–water partition coefficient (Wildman–Crippen LogP) is 6.13. The Morgan fingerprint density at radius 2 is 1.33 bits per heavy atom. The Morgan fingerprint density at radius 1 is 0.848 bits per heavy atom. The second-order valence-electron chi connectivity index (χ2n) is 9.64. The lowest BCUT2D eigenvalue weighted by atomic mass is 9.70. The SMILES string of the molecule is CCC(CC)(c1ccc(OCC(=O)C(C)(C)C)c(C)c1)c1ccc(OS(=O)(=O)CC)c(C)c1. The van der Waals surface area contributed by atoms with E-state index in [1.54, 1.807) is 13.0 Å². The molecule has 0 radical (unpaired) electrons. The van der Waals surface area contributed by atoms with Gasteiger partial charge in [-0.3, -0.25) is 4.79 Å². The molecule has 0 bridgehead atoms. The average molecular weight is 475 g/mol. The van der Waals surface area contributed by atoms with Crippen molar-refractivity contribution in [1.29, 1.82) is 0 Å². The number of carbonyl (C=O) groups excluding carboxylic acids is 1. The average Bonchev–Trinajstić information content (AvgIpc) is 2.75. The van der Waals surface area contributed by atoms with Crippen LogP contribution in [-0.4, -0.2) is 26.6 Å². The molecule has 0 amide bonds. The van der Waals surface area contributed by atoms with E-state index in [1.165, 1.54) is 0 Å². The Balaban J connectivity index is 2.40. The number of aryl methyl sites for hydroxylation is 2. The van der Waals surface area contributed by atoms with Crippen LogP contribution < -0.4 is 8.92 Å². The van der Waals surface area contributed by atoms with E-state index in [9.17, 15) is 13.2 Å². The van der Waals surface area contributed by atoms with Gasteiger partial charge in [0.2, 0.25) is 0 Å². The largest absolute Gasteiger partial charge is 0.486 e. The first kappa shape index (κ1) is 26.9. The van der Waals surface area contributed by atoms with Crippen LogP contribution >= 0.6 is 0 Å². The number of hydrogen-bond acceptors (Lipinski definition) is 5. The summed E-state index contributed by atoms with van der Waals surface area (Å²) < 4.78 is 34.9. The van der Waals surface area contributed by atoms with Crippen molar-refractivity contribution >= 4 is 15.9 Å². The van der Waals surface area contributed by atoms with Crippen LogP contribution in [0.25, 0.3) is 0 Å². The summed E-state index contributed by atoms with van der Waals surface area (Å²) in [5.41, 5.74) is 3.37. The Morgan fingerprint density at radius 3 is 1.73 bits per heavy atom. The van der Waals surface area contributed by atoms with Crippen LogP contribution in [0.1, 0.15) is 76.6 Å². The molecule has 33 heavy (non-hydrogen) atoms. The Kier molecular flexibility index (Phi) is 8.39. The summed E-state index contributed by atoms with van der Waals surface area (Å²) in [6.07, 6.45) is 1.75. The van der Waals surface area contributed by atoms with Gasteiger partial charge in [0.1, 0.15) is 18.1 Å². The van der Waals surface area contributed by atoms with Crippen LogP contribution in [0.5, 0.6) is 11.5 Å². The van der Waals surface area contributed by atoms with Crippen molar-refractivity contribution in [3.63, 3.8) is 0 Å². The fourth-order valence-electron chi connectivity index (χ4n) is 3.94. The van der Waals surface area contributed by atoms with E-state index in [0.29, 0.717) is 11.5 Å². The van der Waals surface area contributed by atoms with Crippen LogP contribution in [0.4, 0.5) is 0 Å². The van der Waals surface area contributed by atoms with Crippen molar-refractivity contribution in [2.75, 3.05) is 12.4 Å². The minimum Gasteiger partial charge on any atom is -0.486 e. The van der Waals surface area contributed by atoms with Crippen molar-refractivity contribution in [2.24, 2.45) is 5.41 Å². The number of benzene rings is 2. The maximum absolute atomic E-state index is 12.2. The molecule has 0 aromatic heterocycles. The molecule has 0 saturated heterocycles. The van der Waals surface area contributed by atoms with E-state index in [2.05, 4.69) is 26.0 Å². The van der Waals surface area contributed by atoms with E-state index in [4.69, 9.17) is 8.92 Å². The van der Waals surface area contributed by atoms with E-state index in [1.807, 2.05) is 52.8 Å². The summed E-state index contributed by atoms with van der Waals surface area (Å²) in [6.45, 7) is 15.5. The second kappa shape index (κ2) is 10.3. The molecule has 0 aliphatic rings. The van der Waals surface area contributed by atoms with Gasteiger partial charge in [-0.15, -0.1) is 0 Å². The van der Waals surface area contributed by atoms with Crippen molar-refractivity contribution in [2.45, 2.75) is 73.6 Å². The molecule has 0 aliphatic heterocycles. The highest BCUT2D eigenvalue weighted by Crippen LogP contribution is 2.41. The van der Waals surface area contributed by atoms with Gasteiger partial charge in [-0.1, -0.05) is 58.9 Å². The third-order valence-corrected chi connectivity index (χ3v) is 7.57. The summed E-state index contributed by atoms with van der Waals surface area (Å²) in [5, 5.41) is 0. The third-order valence-electron chi connectivity index (χ3n) is 6.43. The molecule has 0 N–H and O–H groups in total. The molecule has 5 nitrogen and oxygen atoms in total. The fourth-order valence-corrected chi connectivity index (χ4v) is 4.52. The predicted molar refractivity (Wildman–Crippen MR) is 134 cm³/mol. The first-order valence-corrected chi connectivity index (χ1v) is 13.2. The van der Waals surface area contributed by atoms with Gasteiger partial charge in [0.05, 0.1) is 5.75 Å². The highest BCUT2D eigenvalue weighted by Gasteiger charge is 2.32. The molecule has 0 unspecified atom stereocenters. The Hall–Kier alpha value is -2.34. The minimum atomic E-state index is -3.58. The fraction of sp³-hybridized carbons (Fsp3) is 0.519. The van der Waals surface area contributed by atoms with Gasteiger partial charge in [0.15, 0.2) is 5.78 Å². The van der Waals surface area contributed by atoms with Gasteiger partial charge in [0.25, 0.3) is 0 Å². The summed E-state index contributed by atoms with van der Waals surface area (Å²) >= 11 is 0. The lowest BCUT2D eigenvalue weighted by Gasteiger charge is -2.34. The molecule has 2 aromatic rings. The summed E-state index contributed by atoms with van der Waals surface area (Å²) in [7, 11) is -3.58. The Bertz CT molecular complexity index is 1090. The third kappa shape index (κ3) is 6.17. The molecule has 0 saturated carbocycles. The van der Waals surface area contributed by atoms with Gasteiger partial charge in [0, 0.05) is 10.8 Å². The second-order valence-corrected chi connectivity index (χ2v) is 11.5. The van der Waals surface area contributed by atoms with Gasteiger partial charge in [-0.05, 0) is 68.0 Å². The number of ether oxygens (including phenoxy) is 1. The first-order chi connectivity index (χ1) is 15.3. The lowest BCUT2D eigenvalue weighted by Crippen LogP contribution is -2.27. The summed E-state index contributed by atoms with van der Waals surface area (Å²) in [4.78, 5) is 12.2. The van der Waals surface area contributed by atoms with Crippen LogP contribution in [0.15, 0.2) is 36.4 Å². The van der Waals surface area contributed by atoms with Gasteiger partial charge in [-0.25, -0.2) is 0 Å². The summed E-state index contributed by atoms with van der Waals surface area (Å²) in [6, 6.07) is 11.9. The van der Waals surface area contributed by atoms with E-state index < -0.39 is 15.5 Å². The molecule has 0 heterocycles. The zero-order valence-electron chi connectivity index (χ0n) is 21.2. The molecular formula is C27H38O5S. The van der Waals surface area contributed by atoms with Crippen LogP contribution in [0.2, 0.25) is 0 Å². The number of hydrogen-bond donors (Lipinski definition) is 0. The van der Waals surface area contributed by atoms with Crippen LogP contribution in [-0.2, 0) is 20.3 Å². The maximum atomic E-state index is 12.2. The molecular weight excluding hydrogens is 436 g/mol. The van der Waals surface area contributed by atoms with Gasteiger partial charge < -0.3 is 8.92 Å². The number of ketones is 1. The highest BCUT2D eigenvalue weighted by atomic mass is 32.2. The highest BCUT2D eigenvalue weighted by molar-refractivity contribution is 7.87. The molecule has 6 heteroatoms. The van der Waals surface area contributed by atoms with Crippen molar-refractivity contribution < 1.29 is 22.1 Å². The van der Waals surface area contributed by atoms with Crippen LogP contribution in [0, 0.1) is 19.3 Å². The normalized spacial score (nSPS) is 12.5. The van der Waals surface area contributed by atoms with E-state index in [0.717, 1.165) is 35.1 Å². The molecule has 182 valence electrons. The standard InChI is InChI=1S/C27H38O5S/c1-9-27(10-2,22-13-15-24(20(5)17-22)32-33(29,30)11-3)21-12-14-23(19(4)16-21)31-18-25(28)26(6,7)8/h12-17H,9-11,18H2,1-8H3. The van der Waals surface area contributed by atoms with E-state index >= 15 is 0 Å². The zero-order valence-corrected chi connectivity index (χ0v) is 22.1. The molecule has 0 fully saturated rings. The molecule has 0 spiro atoms. The lowest BCUT2D eigenvalue weighted by molar-refractivity contribution is -0.128. The quantitative estimate of drug-likeness (QED) is 0.387. The summed E-state index contributed by atoms with van der Waals surface area (Å²) in [5.74, 6) is 1.06. The zero-order chi connectivity index (χ0) is 25.0. The van der Waals surface area contributed by atoms with Crippen molar-refractivity contribution in [3.8, 4) is 11.5 Å². The topological polar surface area (TPSA) is 69.7 Å². The van der Waals surface area contributed by atoms with Crippen molar-refractivity contribution in [1.82, 2.24) is 0 Å². The number of carbonyl (C=O) groups is 1. The minimum absolute atomic E-state index is 0.0533. The number of Topliss-reactive ketones (excluding diaryl/α,β-unsaturated/α-hetero) is 1. The van der Waals surface area contributed by atoms with Crippen molar-refractivity contribution in [3.05, 3.63) is 58.7 Å². The van der Waals surface area contributed by atoms with E-state index in [-0.39, 0.29) is 23.6 Å². The Labute approximate surface area is 199 Å². The molecule has 0 aliphatic carbocycles. The number of rotatable bonds is 10. The maximum Gasteiger partial charge on any atom is 0.308 e. The molecule has 2 rings (SSSR count). The van der Waals surface area contributed by atoms with Gasteiger partial charge in [-0.2, -0.15) is 8.42 Å². The molecule has 2 aromatic carbocycles. The van der Waals surface area contributed by atoms with Gasteiger partial charge >= 0.3 is 10.1 Å².